The SMILES string of the molecule is N#C[C@H]1CCCN(CCC(=O)NCc2cccc(Cl)c2)C1. The number of likely N-dealkylation sites (tertiary alicyclic amines) is 1. The van der Waals surface area contributed by atoms with Gasteiger partial charge in [-0.2, -0.15) is 5.26 Å². The van der Waals surface area contributed by atoms with Crippen LogP contribution in [0.2, 0.25) is 5.02 Å². The summed E-state index contributed by atoms with van der Waals surface area (Å²) in [4.78, 5) is 14.1. The van der Waals surface area contributed by atoms with Crippen molar-refractivity contribution in [2.75, 3.05) is 19.6 Å². The number of hydrogen-bond acceptors (Lipinski definition) is 3. The molecule has 21 heavy (non-hydrogen) atoms. The maximum atomic E-state index is 11.9. The van der Waals surface area contributed by atoms with E-state index in [-0.39, 0.29) is 11.8 Å². The lowest BCUT2D eigenvalue weighted by Crippen LogP contribution is -2.37. The van der Waals surface area contributed by atoms with Gasteiger partial charge in [-0.15, -0.1) is 0 Å². The highest BCUT2D eigenvalue weighted by atomic mass is 35.5. The van der Waals surface area contributed by atoms with Crippen molar-refractivity contribution in [3.8, 4) is 6.07 Å². The Kier molecular flexibility index (Phi) is 6.04. The van der Waals surface area contributed by atoms with Crippen molar-refractivity contribution in [2.45, 2.75) is 25.8 Å². The van der Waals surface area contributed by atoms with Gasteiger partial charge in [0.1, 0.15) is 0 Å². The summed E-state index contributed by atoms with van der Waals surface area (Å²) in [5, 5.41) is 12.5. The van der Waals surface area contributed by atoms with Gasteiger partial charge in [0.15, 0.2) is 0 Å². The quantitative estimate of drug-likeness (QED) is 0.909. The monoisotopic (exact) mass is 305 g/mol. The second kappa shape index (κ2) is 8.02. The van der Waals surface area contributed by atoms with E-state index in [0.29, 0.717) is 18.0 Å². The smallest absolute Gasteiger partial charge is 0.221 e. The minimum Gasteiger partial charge on any atom is -0.352 e. The molecule has 0 unspecified atom stereocenters. The third-order valence-electron chi connectivity index (χ3n) is 3.72. The first kappa shape index (κ1) is 15.8. The van der Waals surface area contributed by atoms with Gasteiger partial charge in [-0.25, -0.2) is 0 Å². The molecule has 1 aliphatic heterocycles. The van der Waals surface area contributed by atoms with E-state index >= 15 is 0 Å². The van der Waals surface area contributed by atoms with Crippen LogP contribution in [-0.2, 0) is 11.3 Å². The Morgan fingerprint density at radius 1 is 1.52 bits per heavy atom. The number of amides is 1. The number of carbonyl (C=O) groups excluding carboxylic acids is 1. The van der Waals surface area contributed by atoms with Crippen molar-refractivity contribution in [3.63, 3.8) is 0 Å². The predicted molar refractivity (Wildman–Crippen MR) is 82.7 cm³/mol. The summed E-state index contributed by atoms with van der Waals surface area (Å²) >= 11 is 5.90. The fourth-order valence-electron chi connectivity index (χ4n) is 2.56. The van der Waals surface area contributed by atoms with Gasteiger partial charge in [-0.3, -0.25) is 4.79 Å². The summed E-state index contributed by atoms with van der Waals surface area (Å²) in [6, 6.07) is 9.80. The van der Waals surface area contributed by atoms with Crippen molar-refractivity contribution >= 4 is 17.5 Å². The van der Waals surface area contributed by atoms with E-state index in [2.05, 4.69) is 16.3 Å². The number of nitrogens with zero attached hydrogens (tertiary/aromatic N) is 2. The third kappa shape index (κ3) is 5.37. The molecule has 0 radical (unpaired) electrons. The summed E-state index contributed by atoms with van der Waals surface area (Å²) in [7, 11) is 0. The highest BCUT2D eigenvalue weighted by molar-refractivity contribution is 6.30. The lowest BCUT2D eigenvalue weighted by molar-refractivity contribution is -0.121. The molecule has 0 aliphatic carbocycles. The fraction of sp³-hybridized carbons (Fsp3) is 0.500. The molecule has 2 rings (SSSR count). The van der Waals surface area contributed by atoms with Gasteiger partial charge in [-0.1, -0.05) is 23.7 Å². The Morgan fingerprint density at radius 2 is 2.38 bits per heavy atom. The zero-order valence-electron chi connectivity index (χ0n) is 12.0. The van der Waals surface area contributed by atoms with Crippen molar-refractivity contribution in [1.29, 1.82) is 5.26 Å². The van der Waals surface area contributed by atoms with Gasteiger partial charge in [0.2, 0.25) is 5.91 Å². The molecule has 1 heterocycles. The van der Waals surface area contributed by atoms with Crippen LogP contribution in [0, 0.1) is 17.2 Å². The van der Waals surface area contributed by atoms with E-state index in [0.717, 1.165) is 38.0 Å². The molecule has 1 aromatic rings. The summed E-state index contributed by atoms with van der Waals surface area (Å²) in [5.74, 6) is 0.155. The first-order valence-electron chi connectivity index (χ1n) is 7.30. The minimum absolute atomic E-state index is 0.0362. The first-order valence-corrected chi connectivity index (χ1v) is 7.68. The molecule has 1 amide bonds. The highest BCUT2D eigenvalue weighted by Crippen LogP contribution is 2.15. The zero-order chi connectivity index (χ0) is 15.1. The molecule has 1 aromatic carbocycles. The van der Waals surface area contributed by atoms with Gasteiger partial charge < -0.3 is 10.2 Å². The minimum atomic E-state index is 0.0362. The number of nitriles is 1. The molecule has 1 atom stereocenters. The molecule has 1 fully saturated rings. The molecule has 0 bridgehead atoms. The molecule has 5 heteroatoms. The Bertz CT molecular complexity index is 526. The Hall–Kier alpha value is -1.57. The van der Waals surface area contributed by atoms with Crippen LogP contribution < -0.4 is 5.32 Å². The Labute approximate surface area is 130 Å². The average Bonchev–Trinajstić information content (AvgIpc) is 2.51. The lowest BCUT2D eigenvalue weighted by Gasteiger charge is -2.29. The second-order valence-corrected chi connectivity index (χ2v) is 5.86. The van der Waals surface area contributed by atoms with Crippen LogP contribution in [0.4, 0.5) is 0 Å². The van der Waals surface area contributed by atoms with Gasteiger partial charge in [0.25, 0.3) is 0 Å². The van der Waals surface area contributed by atoms with Crippen molar-refractivity contribution < 1.29 is 4.79 Å². The highest BCUT2D eigenvalue weighted by Gasteiger charge is 2.19. The van der Waals surface area contributed by atoms with E-state index < -0.39 is 0 Å². The van der Waals surface area contributed by atoms with E-state index in [1.807, 2.05) is 24.3 Å². The summed E-state index contributed by atoms with van der Waals surface area (Å²) in [6.45, 7) is 3.00. The number of nitrogens with one attached hydrogen (secondary N) is 1. The van der Waals surface area contributed by atoms with Gasteiger partial charge in [-0.05, 0) is 37.1 Å². The van der Waals surface area contributed by atoms with Crippen molar-refractivity contribution in [1.82, 2.24) is 10.2 Å². The number of hydrogen-bond donors (Lipinski definition) is 1. The predicted octanol–water partition coefficient (Wildman–Crippen LogP) is 2.58. The molecule has 0 spiro atoms. The van der Waals surface area contributed by atoms with Gasteiger partial charge >= 0.3 is 0 Å². The second-order valence-electron chi connectivity index (χ2n) is 5.43. The maximum Gasteiger partial charge on any atom is 0.221 e. The number of carbonyl (C=O) groups is 1. The van der Waals surface area contributed by atoms with Crippen LogP contribution in [0.15, 0.2) is 24.3 Å². The molecule has 112 valence electrons. The van der Waals surface area contributed by atoms with Crippen LogP contribution >= 0.6 is 11.6 Å². The molecular formula is C16H20ClN3O. The molecule has 0 saturated carbocycles. The van der Waals surface area contributed by atoms with Gasteiger partial charge in [0.05, 0.1) is 12.0 Å². The zero-order valence-corrected chi connectivity index (χ0v) is 12.8. The normalized spacial score (nSPS) is 19.0. The van der Waals surface area contributed by atoms with Crippen molar-refractivity contribution in [3.05, 3.63) is 34.9 Å². The van der Waals surface area contributed by atoms with Crippen molar-refractivity contribution in [2.24, 2.45) is 5.92 Å². The van der Waals surface area contributed by atoms with Crippen LogP contribution in [0.3, 0.4) is 0 Å². The van der Waals surface area contributed by atoms with E-state index in [1.54, 1.807) is 0 Å². The van der Waals surface area contributed by atoms with E-state index in [9.17, 15) is 4.79 Å². The standard InChI is InChI=1S/C16H20ClN3O/c17-15-5-1-3-13(9-15)11-19-16(21)6-8-20-7-2-4-14(10-18)12-20/h1,3,5,9,14H,2,4,6-8,11-12H2,(H,19,21)/t14-/m1/s1. The molecule has 1 N–H and O–H groups in total. The Morgan fingerprint density at radius 3 is 3.14 bits per heavy atom. The third-order valence-corrected chi connectivity index (χ3v) is 3.96. The molecule has 0 aromatic heterocycles. The molecule has 1 aliphatic rings. The van der Waals surface area contributed by atoms with E-state index in [1.165, 1.54) is 0 Å². The largest absolute Gasteiger partial charge is 0.352 e. The number of piperidine rings is 1. The van der Waals surface area contributed by atoms with Crippen LogP contribution in [-0.4, -0.2) is 30.4 Å². The molecule has 1 saturated heterocycles. The first-order chi connectivity index (χ1) is 10.2. The fourth-order valence-corrected chi connectivity index (χ4v) is 2.77. The van der Waals surface area contributed by atoms with E-state index in [4.69, 9.17) is 16.9 Å². The number of benzene rings is 1. The Balaban J connectivity index is 1.69. The maximum absolute atomic E-state index is 11.9. The lowest BCUT2D eigenvalue weighted by atomic mass is 10.00. The van der Waals surface area contributed by atoms with Crippen LogP contribution in [0.5, 0.6) is 0 Å². The topological polar surface area (TPSA) is 56.1 Å². The number of halogens is 1. The average molecular weight is 306 g/mol. The van der Waals surface area contributed by atoms with Crippen LogP contribution in [0.1, 0.15) is 24.8 Å². The molecular weight excluding hydrogens is 286 g/mol. The summed E-state index contributed by atoms with van der Waals surface area (Å²) in [5.41, 5.74) is 0.998. The van der Waals surface area contributed by atoms with Crippen LogP contribution in [0.25, 0.3) is 0 Å². The number of rotatable bonds is 5. The summed E-state index contributed by atoms with van der Waals surface area (Å²) in [6.07, 6.45) is 2.50. The molecule has 4 nitrogen and oxygen atoms in total. The van der Waals surface area contributed by atoms with Gasteiger partial charge in [0, 0.05) is 31.1 Å². The summed E-state index contributed by atoms with van der Waals surface area (Å²) < 4.78 is 0.